The second-order valence-electron chi connectivity index (χ2n) is 3.55. The maximum Gasteiger partial charge on any atom is 0.328 e. The second-order valence-corrected chi connectivity index (χ2v) is 3.55. The van der Waals surface area contributed by atoms with E-state index < -0.39 is 5.97 Å². The molecule has 0 aliphatic carbocycles. The van der Waals surface area contributed by atoms with E-state index >= 15 is 0 Å². The lowest BCUT2D eigenvalue weighted by Gasteiger charge is -2.17. The van der Waals surface area contributed by atoms with Crippen LogP contribution >= 0.6 is 0 Å². The second kappa shape index (κ2) is 5.30. The van der Waals surface area contributed by atoms with Gasteiger partial charge in [-0.1, -0.05) is 6.08 Å². The molecule has 0 aliphatic rings. The van der Waals surface area contributed by atoms with E-state index in [1.54, 1.807) is 25.1 Å². The van der Waals surface area contributed by atoms with Crippen LogP contribution in [-0.2, 0) is 4.79 Å². The topological polar surface area (TPSA) is 40.5 Å². The highest BCUT2D eigenvalue weighted by Crippen LogP contribution is 2.16. The molecule has 0 saturated heterocycles. The number of carboxylic acids is 1. The van der Waals surface area contributed by atoms with Crippen LogP contribution in [0.4, 0.5) is 10.1 Å². The maximum absolute atomic E-state index is 13.0. The molecule has 0 saturated carbocycles. The number of carboxylic acid groups (broad SMARTS) is 1. The molecular formula is C12H14FNO2. The number of aryl methyl sites for hydroxylation is 1. The van der Waals surface area contributed by atoms with Crippen LogP contribution in [0.5, 0.6) is 0 Å². The summed E-state index contributed by atoms with van der Waals surface area (Å²) >= 11 is 0. The Morgan fingerprint density at radius 3 is 2.81 bits per heavy atom. The van der Waals surface area contributed by atoms with Gasteiger partial charge in [-0.25, -0.2) is 9.18 Å². The number of halogens is 1. The molecule has 4 heteroatoms. The summed E-state index contributed by atoms with van der Waals surface area (Å²) in [5.41, 5.74) is 1.43. The number of anilines is 1. The third-order valence-corrected chi connectivity index (χ3v) is 2.22. The number of hydrogen-bond acceptors (Lipinski definition) is 2. The van der Waals surface area contributed by atoms with Gasteiger partial charge < -0.3 is 10.0 Å². The van der Waals surface area contributed by atoms with Gasteiger partial charge in [-0.3, -0.25) is 0 Å². The first kappa shape index (κ1) is 12.2. The monoisotopic (exact) mass is 223 g/mol. The van der Waals surface area contributed by atoms with E-state index in [0.717, 1.165) is 11.8 Å². The minimum atomic E-state index is -0.969. The Balaban J connectivity index is 2.69. The Morgan fingerprint density at radius 1 is 1.56 bits per heavy atom. The lowest BCUT2D eigenvalue weighted by Crippen LogP contribution is -2.17. The molecule has 0 aliphatic heterocycles. The molecule has 0 bridgehead atoms. The molecule has 1 rings (SSSR count). The zero-order valence-corrected chi connectivity index (χ0v) is 9.27. The maximum atomic E-state index is 13.0. The van der Waals surface area contributed by atoms with Crippen molar-refractivity contribution >= 4 is 11.7 Å². The van der Waals surface area contributed by atoms with Crippen LogP contribution in [0.15, 0.2) is 30.4 Å². The first-order valence-electron chi connectivity index (χ1n) is 4.87. The molecule has 0 radical (unpaired) electrons. The van der Waals surface area contributed by atoms with Gasteiger partial charge in [-0.05, 0) is 30.7 Å². The van der Waals surface area contributed by atoms with Gasteiger partial charge in [0.15, 0.2) is 0 Å². The predicted octanol–water partition coefficient (Wildman–Crippen LogP) is 2.21. The van der Waals surface area contributed by atoms with Gasteiger partial charge in [-0.15, -0.1) is 0 Å². The van der Waals surface area contributed by atoms with E-state index in [-0.39, 0.29) is 5.82 Å². The lowest BCUT2D eigenvalue weighted by atomic mass is 10.2. The molecule has 3 nitrogen and oxygen atoms in total. The summed E-state index contributed by atoms with van der Waals surface area (Å²) in [6.45, 7) is 2.16. The summed E-state index contributed by atoms with van der Waals surface area (Å²) in [6.07, 6.45) is 2.63. The van der Waals surface area contributed by atoms with Crippen molar-refractivity contribution in [2.45, 2.75) is 6.92 Å². The average molecular weight is 223 g/mol. The number of likely N-dealkylation sites (N-methyl/N-ethyl adjacent to an activating group) is 1. The van der Waals surface area contributed by atoms with E-state index in [1.165, 1.54) is 6.07 Å². The molecule has 0 heterocycles. The Hall–Kier alpha value is -1.84. The third kappa shape index (κ3) is 3.38. The van der Waals surface area contributed by atoms with Crippen LogP contribution in [-0.4, -0.2) is 24.7 Å². The van der Waals surface area contributed by atoms with Crippen molar-refractivity contribution in [3.63, 3.8) is 0 Å². The summed E-state index contributed by atoms with van der Waals surface area (Å²) < 4.78 is 13.0. The van der Waals surface area contributed by atoms with Gasteiger partial charge in [0.05, 0.1) is 0 Å². The molecule has 0 amide bonds. The summed E-state index contributed by atoms with van der Waals surface area (Å²) in [6, 6.07) is 4.79. The summed E-state index contributed by atoms with van der Waals surface area (Å²) in [7, 11) is 1.82. The molecule has 0 atom stereocenters. The highest BCUT2D eigenvalue weighted by atomic mass is 19.1. The fourth-order valence-electron chi connectivity index (χ4n) is 1.28. The molecular weight excluding hydrogens is 209 g/mol. The van der Waals surface area contributed by atoms with Gasteiger partial charge in [0.2, 0.25) is 0 Å². The number of aliphatic carboxylic acids is 1. The molecule has 0 aromatic heterocycles. The fraction of sp³-hybridized carbons (Fsp3) is 0.250. The average Bonchev–Trinajstić information content (AvgIpc) is 2.21. The first-order chi connectivity index (χ1) is 7.50. The van der Waals surface area contributed by atoms with Crippen molar-refractivity contribution < 1.29 is 14.3 Å². The number of hydrogen-bond donors (Lipinski definition) is 1. The Bertz CT molecular complexity index is 415. The lowest BCUT2D eigenvalue weighted by molar-refractivity contribution is -0.131. The number of benzene rings is 1. The molecule has 0 fully saturated rings. The van der Waals surface area contributed by atoms with E-state index in [9.17, 15) is 9.18 Å². The zero-order chi connectivity index (χ0) is 12.1. The largest absolute Gasteiger partial charge is 0.478 e. The summed E-state index contributed by atoms with van der Waals surface area (Å²) in [5.74, 6) is -1.21. The predicted molar refractivity (Wildman–Crippen MR) is 61.2 cm³/mol. The van der Waals surface area contributed by atoms with E-state index in [1.807, 2.05) is 11.9 Å². The van der Waals surface area contributed by atoms with Gasteiger partial charge in [-0.2, -0.15) is 0 Å². The standard InChI is InChI=1S/C12H14FNO2/c1-9-8-10(5-6-11(9)13)14(2)7-3-4-12(15)16/h3-6,8H,7H2,1-2H3,(H,15,16)/b4-3+. The SMILES string of the molecule is Cc1cc(N(C)C/C=C/C(=O)O)ccc1F. The van der Waals surface area contributed by atoms with E-state index in [2.05, 4.69) is 0 Å². The van der Waals surface area contributed by atoms with E-state index in [0.29, 0.717) is 12.1 Å². The van der Waals surface area contributed by atoms with Crippen LogP contribution in [0.3, 0.4) is 0 Å². The number of nitrogens with zero attached hydrogens (tertiary/aromatic N) is 1. The van der Waals surface area contributed by atoms with Gasteiger partial charge >= 0.3 is 5.97 Å². The van der Waals surface area contributed by atoms with Crippen LogP contribution in [0.2, 0.25) is 0 Å². The van der Waals surface area contributed by atoms with Crippen LogP contribution in [0.25, 0.3) is 0 Å². The van der Waals surface area contributed by atoms with E-state index in [4.69, 9.17) is 5.11 Å². The van der Waals surface area contributed by atoms with Gasteiger partial charge in [0.1, 0.15) is 5.82 Å². The Kier molecular flexibility index (Phi) is 4.05. The molecule has 1 N–H and O–H groups in total. The van der Waals surface area contributed by atoms with Crippen molar-refractivity contribution in [1.82, 2.24) is 0 Å². The van der Waals surface area contributed by atoms with Gasteiger partial charge in [0, 0.05) is 25.4 Å². The molecule has 16 heavy (non-hydrogen) atoms. The third-order valence-electron chi connectivity index (χ3n) is 2.22. The summed E-state index contributed by atoms with van der Waals surface area (Å²) in [5, 5.41) is 8.42. The zero-order valence-electron chi connectivity index (χ0n) is 9.27. The first-order valence-corrected chi connectivity index (χ1v) is 4.87. The number of rotatable bonds is 4. The number of carbonyl (C=O) groups is 1. The van der Waals surface area contributed by atoms with Gasteiger partial charge in [0.25, 0.3) is 0 Å². The minimum absolute atomic E-state index is 0.238. The van der Waals surface area contributed by atoms with Crippen molar-refractivity contribution in [1.29, 1.82) is 0 Å². The fourth-order valence-corrected chi connectivity index (χ4v) is 1.28. The van der Waals surface area contributed by atoms with Crippen LogP contribution in [0.1, 0.15) is 5.56 Å². The molecule has 0 unspecified atom stereocenters. The van der Waals surface area contributed by atoms with Crippen molar-refractivity contribution in [2.75, 3.05) is 18.5 Å². The minimum Gasteiger partial charge on any atom is -0.478 e. The Morgan fingerprint density at radius 2 is 2.25 bits per heavy atom. The highest BCUT2D eigenvalue weighted by Gasteiger charge is 2.02. The van der Waals surface area contributed by atoms with Crippen molar-refractivity contribution in [2.24, 2.45) is 0 Å². The summed E-state index contributed by atoms with van der Waals surface area (Å²) in [4.78, 5) is 12.1. The Labute approximate surface area is 93.8 Å². The van der Waals surface area contributed by atoms with Crippen molar-refractivity contribution in [3.05, 3.63) is 41.7 Å². The molecule has 1 aromatic carbocycles. The van der Waals surface area contributed by atoms with Crippen LogP contribution < -0.4 is 4.90 Å². The van der Waals surface area contributed by atoms with Crippen LogP contribution in [0, 0.1) is 12.7 Å². The molecule has 1 aromatic rings. The molecule has 86 valence electrons. The normalized spacial score (nSPS) is 10.7. The van der Waals surface area contributed by atoms with Crippen molar-refractivity contribution in [3.8, 4) is 0 Å². The highest BCUT2D eigenvalue weighted by molar-refractivity contribution is 5.79. The molecule has 0 spiro atoms. The quantitative estimate of drug-likeness (QED) is 0.795. The smallest absolute Gasteiger partial charge is 0.328 e.